The van der Waals surface area contributed by atoms with Crippen LogP contribution in [0.4, 0.5) is 13.2 Å². The van der Waals surface area contributed by atoms with Crippen LogP contribution in [-0.4, -0.2) is 16.7 Å². The normalized spacial score (nSPS) is 17.8. The SMILES string of the molecule is CC(C(C(=O)CC1CC1)c1cccc(C(F)(F)F)c1)[N+](=O)[O-]. The lowest BCUT2D eigenvalue weighted by atomic mass is 9.86. The third kappa shape index (κ3) is 3.84. The standard InChI is InChI=1S/C15H16F3NO3/c1-9(19(21)22)14(13(20)7-10-5-6-10)11-3-2-4-12(8-11)15(16,17)18/h2-4,8-10,14H,5-7H2,1H3. The van der Waals surface area contributed by atoms with Gasteiger partial charge in [0.25, 0.3) is 0 Å². The van der Waals surface area contributed by atoms with E-state index >= 15 is 0 Å². The Morgan fingerprint density at radius 3 is 2.55 bits per heavy atom. The molecule has 1 fully saturated rings. The first-order valence-electron chi connectivity index (χ1n) is 7.03. The van der Waals surface area contributed by atoms with Crippen LogP contribution in [0.5, 0.6) is 0 Å². The summed E-state index contributed by atoms with van der Waals surface area (Å²) in [6.45, 7) is 1.26. The van der Waals surface area contributed by atoms with Gasteiger partial charge in [-0.1, -0.05) is 18.2 Å². The Kier molecular flexibility index (Phi) is 4.53. The van der Waals surface area contributed by atoms with Gasteiger partial charge in [-0.15, -0.1) is 0 Å². The van der Waals surface area contributed by atoms with E-state index in [-0.39, 0.29) is 23.7 Å². The van der Waals surface area contributed by atoms with Crippen molar-refractivity contribution in [3.8, 4) is 0 Å². The number of halogens is 3. The van der Waals surface area contributed by atoms with Gasteiger partial charge in [-0.05, 0) is 30.4 Å². The third-order valence-corrected chi connectivity index (χ3v) is 3.92. The van der Waals surface area contributed by atoms with Crippen molar-refractivity contribution in [3.63, 3.8) is 0 Å². The summed E-state index contributed by atoms with van der Waals surface area (Å²) in [5.74, 6) is -1.27. The molecule has 7 heteroatoms. The highest BCUT2D eigenvalue weighted by Gasteiger charge is 2.38. The number of nitrogens with zero attached hydrogens (tertiary/aromatic N) is 1. The molecule has 1 aliphatic carbocycles. The second kappa shape index (κ2) is 6.06. The molecule has 0 amide bonds. The van der Waals surface area contributed by atoms with Gasteiger partial charge in [0, 0.05) is 18.3 Å². The predicted octanol–water partition coefficient (Wildman–Crippen LogP) is 3.82. The maximum Gasteiger partial charge on any atom is 0.416 e. The van der Waals surface area contributed by atoms with Crippen LogP contribution < -0.4 is 0 Å². The molecule has 2 unspecified atom stereocenters. The van der Waals surface area contributed by atoms with Gasteiger partial charge in [-0.3, -0.25) is 14.9 Å². The fourth-order valence-corrected chi connectivity index (χ4v) is 2.50. The molecular formula is C15H16F3NO3. The monoisotopic (exact) mass is 315 g/mol. The first-order chi connectivity index (χ1) is 10.2. The molecule has 0 saturated heterocycles. The number of nitro groups is 1. The Labute approximate surface area is 125 Å². The van der Waals surface area contributed by atoms with Crippen molar-refractivity contribution in [2.75, 3.05) is 0 Å². The van der Waals surface area contributed by atoms with Crippen LogP contribution in [0.15, 0.2) is 24.3 Å². The summed E-state index contributed by atoms with van der Waals surface area (Å²) in [7, 11) is 0. The van der Waals surface area contributed by atoms with E-state index in [2.05, 4.69) is 0 Å². The maximum atomic E-state index is 12.8. The van der Waals surface area contributed by atoms with E-state index in [1.807, 2.05) is 0 Å². The number of rotatable bonds is 6. The molecule has 1 aromatic carbocycles. The van der Waals surface area contributed by atoms with Gasteiger partial charge in [0.15, 0.2) is 0 Å². The molecule has 22 heavy (non-hydrogen) atoms. The van der Waals surface area contributed by atoms with Gasteiger partial charge in [-0.25, -0.2) is 0 Å². The van der Waals surface area contributed by atoms with Crippen LogP contribution >= 0.6 is 0 Å². The molecule has 1 aliphatic rings. The smallest absolute Gasteiger partial charge is 0.299 e. The van der Waals surface area contributed by atoms with Gasteiger partial charge < -0.3 is 0 Å². The fraction of sp³-hybridized carbons (Fsp3) is 0.533. The lowest BCUT2D eigenvalue weighted by molar-refractivity contribution is -0.519. The molecule has 0 N–H and O–H groups in total. The molecule has 2 atom stereocenters. The van der Waals surface area contributed by atoms with E-state index in [1.54, 1.807) is 0 Å². The van der Waals surface area contributed by atoms with Crippen LogP contribution in [0.25, 0.3) is 0 Å². The number of hydrogen-bond donors (Lipinski definition) is 0. The van der Waals surface area contributed by atoms with Gasteiger partial charge >= 0.3 is 6.18 Å². The molecule has 0 bridgehead atoms. The molecule has 0 aliphatic heterocycles. The number of carbonyl (C=O) groups is 1. The minimum atomic E-state index is -4.54. The van der Waals surface area contributed by atoms with Gasteiger partial charge in [-0.2, -0.15) is 13.2 Å². The number of Topliss-reactive ketones (excluding diaryl/α,β-unsaturated/α-hetero) is 1. The summed E-state index contributed by atoms with van der Waals surface area (Å²) in [5.41, 5.74) is -0.838. The summed E-state index contributed by atoms with van der Waals surface area (Å²) in [6.07, 6.45) is -2.56. The van der Waals surface area contributed by atoms with E-state index in [9.17, 15) is 28.1 Å². The number of alkyl halides is 3. The summed E-state index contributed by atoms with van der Waals surface area (Å²) in [4.78, 5) is 22.7. The first kappa shape index (κ1) is 16.5. The summed E-state index contributed by atoms with van der Waals surface area (Å²) in [5, 5.41) is 11.0. The van der Waals surface area contributed by atoms with Crippen LogP contribution in [0.1, 0.15) is 43.2 Å². The summed E-state index contributed by atoms with van der Waals surface area (Å²) in [6, 6.07) is 3.01. The quantitative estimate of drug-likeness (QED) is 0.592. The Morgan fingerprint density at radius 1 is 1.41 bits per heavy atom. The van der Waals surface area contributed by atoms with Gasteiger partial charge in [0.05, 0.1) is 5.56 Å². The molecular weight excluding hydrogens is 299 g/mol. The van der Waals surface area contributed by atoms with Crippen LogP contribution in [0.3, 0.4) is 0 Å². The highest BCUT2D eigenvalue weighted by Crippen LogP contribution is 2.37. The van der Waals surface area contributed by atoms with Crippen molar-refractivity contribution in [2.45, 2.75) is 44.3 Å². The molecule has 120 valence electrons. The van der Waals surface area contributed by atoms with Crippen LogP contribution in [-0.2, 0) is 11.0 Å². The van der Waals surface area contributed by atoms with E-state index in [0.717, 1.165) is 25.0 Å². The minimum absolute atomic E-state index is 0.0599. The largest absolute Gasteiger partial charge is 0.416 e. The molecule has 4 nitrogen and oxygen atoms in total. The number of benzene rings is 1. The Morgan fingerprint density at radius 2 is 2.05 bits per heavy atom. The lowest BCUT2D eigenvalue weighted by Gasteiger charge is -2.19. The third-order valence-electron chi connectivity index (χ3n) is 3.92. The first-order valence-corrected chi connectivity index (χ1v) is 7.03. The molecule has 0 aromatic heterocycles. The highest BCUT2D eigenvalue weighted by atomic mass is 19.4. The Hall–Kier alpha value is -1.92. The molecule has 0 radical (unpaired) electrons. The van der Waals surface area contributed by atoms with Crippen molar-refractivity contribution in [1.29, 1.82) is 0 Å². The maximum absolute atomic E-state index is 12.8. The zero-order valence-corrected chi connectivity index (χ0v) is 12.0. The van der Waals surface area contributed by atoms with Crippen molar-refractivity contribution in [2.24, 2.45) is 5.92 Å². The molecule has 1 aromatic rings. The zero-order chi connectivity index (χ0) is 16.5. The topological polar surface area (TPSA) is 60.2 Å². The second-order valence-electron chi connectivity index (χ2n) is 5.74. The van der Waals surface area contributed by atoms with E-state index in [4.69, 9.17) is 0 Å². The molecule has 1 saturated carbocycles. The number of ketones is 1. The highest BCUT2D eigenvalue weighted by molar-refractivity contribution is 5.86. The average molecular weight is 315 g/mol. The van der Waals surface area contributed by atoms with Crippen molar-refractivity contribution in [3.05, 3.63) is 45.5 Å². The second-order valence-corrected chi connectivity index (χ2v) is 5.74. The van der Waals surface area contributed by atoms with Crippen LogP contribution in [0.2, 0.25) is 0 Å². The van der Waals surface area contributed by atoms with Crippen molar-refractivity contribution >= 4 is 5.78 Å². The molecule has 2 rings (SSSR count). The zero-order valence-electron chi connectivity index (χ0n) is 12.0. The number of carbonyl (C=O) groups excluding carboxylic acids is 1. The van der Waals surface area contributed by atoms with Crippen molar-refractivity contribution in [1.82, 2.24) is 0 Å². The average Bonchev–Trinajstić information content (AvgIpc) is 3.22. The number of hydrogen-bond acceptors (Lipinski definition) is 3. The van der Waals surface area contributed by atoms with Gasteiger partial charge in [0.1, 0.15) is 11.7 Å². The summed E-state index contributed by atoms with van der Waals surface area (Å²) >= 11 is 0. The summed E-state index contributed by atoms with van der Waals surface area (Å²) < 4.78 is 38.4. The van der Waals surface area contributed by atoms with E-state index in [0.29, 0.717) is 0 Å². The fourth-order valence-electron chi connectivity index (χ4n) is 2.50. The predicted molar refractivity (Wildman–Crippen MR) is 73.0 cm³/mol. The van der Waals surface area contributed by atoms with E-state index < -0.39 is 28.6 Å². The van der Waals surface area contributed by atoms with E-state index in [1.165, 1.54) is 19.1 Å². The van der Waals surface area contributed by atoms with Crippen LogP contribution in [0, 0.1) is 16.0 Å². The Balaban J connectivity index is 2.35. The Bertz CT molecular complexity index is 582. The lowest BCUT2D eigenvalue weighted by Crippen LogP contribution is -2.30. The van der Waals surface area contributed by atoms with Gasteiger partial charge in [0.2, 0.25) is 6.04 Å². The molecule has 0 heterocycles. The van der Waals surface area contributed by atoms with Crippen molar-refractivity contribution < 1.29 is 22.9 Å². The minimum Gasteiger partial charge on any atom is -0.299 e. The molecule has 0 spiro atoms.